The average Bonchev–Trinajstić information content (AvgIpc) is 2.44. The number of hydrogen-bond acceptors (Lipinski definition) is 5. The fourth-order valence-corrected chi connectivity index (χ4v) is 2.62. The van der Waals surface area contributed by atoms with Crippen LogP contribution in [0.15, 0.2) is 24.3 Å². The Kier molecular flexibility index (Phi) is 5.76. The molecule has 21 heavy (non-hydrogen) atoms. The predicted molar refractivity (Wildman–Crippen MR) is 72.4 cm³/mol. The summed E-state index contributed by atoms with van der Waals surface area (Å²) in [4.78, 5) is 11.3. The van der Waals surface area contributed by atoms with Gasteiger partial charge in [0, 0.05) is 0 Å². The molecule has 1 aromatic rings. The second-order valence-corrected chi connectivity index (χ2v) is 6.14. The lowest BCUT2D eigenvalue weighted by atomic mass is 10.1. The molecule has 0 aliphatic carbocycles. The summed E-state index contributed by atoms with van der Waals surface area (Å²) in [7, 11) is -2.77. The number of benzene rings is 1. The molecule has 6 nitrogen and oxygen atoms in total. The van der Waals surface area contributed by atoms with Gasteiger partial charge in [0.05, 0.1) is 31.5 Å². The molecule has 0 aliphatic heterocycles. The summed E-state index contributed by atoms with van der Waals surface area (Å²) in [6.45, 7) is -2.02. The Balaban J connectivity index is 2.78. The Labute approximate surface area is 121 Å². The largest absolute Gasteiger partial charge is 0.465 e. The standard InChI is InChI=1S/C12H16F2N2O4S/c1-20-11(17)10-4-2-3-9(5-10)6-21(18,19)16-8-12(13,14)7-15/h2-5,16H,6-8,15H2,1H3. The topological polar surface area (TPSA) is 98.5 Å². The lowest BCUT2D eigenvalue weighted by Gasteiger charge is -2.14. The van der Waals surface area contributed by atoms with Gasteiger partial charge in [0.2, 0.25) is 10.0 Å². The van der Waals surface area contributed by atoms with Crippen LogP contribution in [-0.2, 0) is 20.5 Å². The van der Waals surface area contributed by atoms with Gasteiger partial charge >= 0.3 is 5.97 Å². The van der Waals surface area contributed by atoms with Crippen LogP contribution < -0.4 is 10.5 Å². The average molecular weight is 322 g/mol. The van der Waals surface area contributed by atoms with Crippen LogP contribution in [0.5, 0.6) is 0 Å². The van der Waals surface area contributed by atoms with Crippen molar-refractivity contribution in [1.82, 2.24) is 4.72 Å². The maximum Gasteiger partial charge on any atom is 0.337 e. The van der Waals surface area contributed by atoms with E-state index in [0.29, 0.717) is 0 Å². The molecule has 0 amide bonds. The summed E-state index contributed by atoms with van der Waals surface area (Å²) >= 11 is 0. The normalized spacial score (nSPS) is 12.2. The van der Waals surface area contributed by atoms with Gasteiger partial charge in [0.1, 0.15) is 0 Å². The monoisotopic (exact) mass is 322 g/mol. The number of esters is 1. The van der Waals surface area contributed by atoms with E-state index in [1.54, 1.807) is 4.72 Å². The van der Waals surface area contributed by atoms with Crippen molar-refractivity contribution in [2.45, 2.75) is 11.7 Å². The minimum atomic E-state index is -3.96. The highest BCUT2D eigenvalue weighted by molar-refractivity contribution is 7.88. The third kappa shape index (κ3) is 5.74. The number of hydrogen-bond donors (Lipinski definition) is 2. The number of methoxy groups -OCH3 is 1. The molecule has 9 heteroatoms. The number of carbonyl (C=O) groups excluding carboxylic acids is 1. The molecule has 0 aromatic heterocycles. The molecule has 0 fully saturated rings. The van der Waals surface area contributed by atoms with Crippen molar-refractivity contribution in [2.24, 2.45) is 5.73 Å². The van der Waals surface area contributed by atoms with Crippen LogP contribution in [0.4, 0.5) is 8.78 Å². The number of carbonyl (C=O) groups is 1. The molecule has 0 saturated carbocycles. The van der Waals surface area contributed by atoms with Crippen LogP contribution >= 0.6 is 0 Å². The van der Waals surface area contributed by atoms with Crippen molar-refractivity contribution in [3.8, 4) is 0 Å². The van der Waals surface area contributed by atoms with Gasteiger partial charge in [-0.2, -0.15) is 0 Å². The molecule has 0 bridgehead atoms. The van der Waals surface area contributed by atoms with E-state index in [1.807, 2.05) is 0 Å². The fraction of sp³-hybridized carbons (Fsp3) is 0.417. The molecule has 0 atom stereocenters. The van der Waals surface area contributed by atoms with E-state index in [2.05, 4.69) is 4.74 Å². The van der Waals surface area contributed by atoms with Gasteiger partial charge in [-0.1, -0.05) is 12.1 Å². The van der Waals surface area contributed by atoms with Gasteiger partial charge < -0.3 is 10.5 Å². The van der Waals surface area contributed by atoms with Crippen LogP contribution in [-0.4, -0.2) is 40.5 Å². The zero-order valence-corrected chi connectivity index (χ0v) is 12.1. The molecular formula is C12H16F2N2O4S. The van der Waals surface area contributed by atoms with Crippen LogP contribution in [0.2, 0.25) is 0 Å². The van der Waals surface area contributed by atoms with E-state index >= 15 is 0 Å². The zero-order chi connectivity index (χ0) is 16.1. The first kappa shape index (κ1) is 17.5. The summed E-state index contributed by atoms with van der Waals surface area (Å²) in [5.41, 5.74) is 5.28. The van der Waals surface area contributed by atoms with Crippen molar-refractivity contribution < 1.29 is 26.7 Å². The smallest absolute Gasteiger partial charge is 0.337 e. The Morgan fingerprint density at radius 2 is 2.10 bits per heavy atom. The SMILES string of the molecule is COC(=O)c1cccc(CS(=O)(=O)NCC(F)(F)CN)c1. The van der Waals surface area contributed by atoms with E-state index in [1.165, 1.54) is 31.4 Å². The highest BCUT2D eigenvalue weighted by Gasteiger charge is 2.28. The molecule has 0 radical (unpaired) electrons. The first-order chi connectivity index (χ1) is 9.69. The summed E-state index contributed by atoms with van der Waals surface area (Å²) in [5.74, 6) is -4.45. The second kappa shape index (κ2) is 6.92. The van der Waals surface area contributed by atoms with E-state index in [4.69, 9.17) is 5.73 Å². The van der Waals surface area contributed by atoms with Gasteiger partial charge in [0.25, 0.3) is 5.92 Å². The molecule has 118 valence electrons. The molecule has 3 N–H and O–H groups in total. The molecule has 0 heterocycles. The van der Waals surface area contributed by atoms with Crippen molar-refractivity contribution >= 4 is 16.0 Å². The highest BCUT2D eigenvalue weighted by atomic mass is 32.2. The summed E-state index contributed by atoms with van der Waals surface area (Å²) in [6, 6.07) is 5.72. The van der Waals surface area contributed by atoms with Gasteiger partial charge in [-0.05, 0) is 17.7 Å². The zero-order valence-electron chi connectivity index (χ0n) is 11.3. The number of alkyl halides is 2. The minimum absolute atomic E-state index is 0.178. The van der Waals surface area contributed by atoms with Crippen molar-refractivity contribution in [3.05, 3.63) is 35.4 Å². The van der Waals surface area contributed by atoms with E-state index < -0.39 is 40.8 Å². The van der Waals surface area contributed by atoms with Gasteiger partial charge in [-0.3, -0.25) is 0 Å². The quantitative estimate of drug-likeness (QED) is 0.712. The number of halogens is 2. The van der Waals surface area contributed by atoms with Crippen molar-refractivity contribution in [1.29, 1.82) is 0 Å². The van der Waals surface area contributed by atoms with Crippen LogP contribution in [0.1, 0.15) is 15.9 Å². The summed E-state index contributed by atoms with van der Waals surface area (Å²) in [6.07, 6.45) is 0. The second-order valence-electron chi connectivity index (χ2n) is 4.33. The molecule has 1 rings (SSSR count). The number of nitrogens with one attached hydrogen (secondary N) is 1. The predicted octanol–water partition coefficient (Wildman–Crippen LogP) is 0.487. The third-order valence-electron chi connectivity index (χ3n) is 2.55. The van der Waals surface area contributed by atoms with Gasteiger partial charge in [-0.25, -0.2) is 26.7 Å². The van der Waals surface area contributed by atoms with E-state index in [9.17, 15) is 22.0 Å². The minimum Gasteiger partial charge on any atom is -0.465 e. The molecule has 0 unspecified atom stereocenters. The first-order valence-corrected chi connectivity index (χ1v) is 7.57. The van der Waals surface area contributed by atoms with Crippen LogP contribution in [0.25, 0.3) is 0 Å². The highest BCUT2D eigenvalue weighted by Crippen LogP contribution is 2.12. The number of ether oxygens (including phenoxy) is 1. The van der Waals surface area contributed by atoms with Crippen LogP contribution in [0, 0.1) is 0 Å². The Hall–Kier alpha value is -1.58. The number of sulfonamides is 1. The van der Waals surface area contributed by atoms with Gasteiger partial charge in [0.15, 0.2) is 0 Å². The Morgan fingerprint density at radius 3 is 2.67 bits per heavy atom. The Morgan fingerprint density at radius 1 is 1.43 bits per heavy atom. The lowest BCUT2D eigenvalue weighted by Crippen LogP contribution is -2.41. The first-order valence-electron chi connectivity index (χ1n) is 5.91. The number of rotatable bonds is 7. The Bertz CT molecular complexity index is 605. The molecule has 0 spiro atoms. The fourth-order valence-electron chi connectivity index (χ4n) is 1.46. The lowest BCUT2D eigenvalue weighted by molar-refractivity contribution is 0.0170. The van der Waals surface area contributed by atoms with Crippen molar-refractivity contribution in [3.63, 3.8) is 0 Å². The molecule has 1 aromatic carbocycles. The van der Waals surface area contributed by atoms with Gasteiger partial charge in [-0.15, -0.1) is 0 Å². The summed E-state index contributed by atoms with van der Waals surface area (Å²) in [5, 5.41) is 0. The van der Waals surface area contributed by atoms with Crippen LogP contribution in [0.3, 0.4) is 0 Å². The van der Waals surface area contributed by atoms with Crippen molar-refractivity contribution in [2.75, 3.05) is 20.2 Å². The number of nitrogens with two attached hydrogens (primary N) is 1. The maximum absolute atomic E-state index is 12.9. The van der Waals surface area contributed by atoms with E-state index in [-0.39, 0.29) is 11.1 Å². The third-order valence-corrected chi connectivity index (χ3v) is 3.85. The molecular weight excluding hydrogens is 306 g/mol. The molecule has 0 aliphatic rings. The van der Waals surface area contributed by atoms with E-state index in [0.717, 1.165) is 0 Å². The maximum atomic E-state index is 12.9. The summed E-state index contributed by atoms with van der Waals surface area (Å²) < 4.78 is 55.6. The molecule has 0 saturated heterocycles.